The van der Waals surface area contributed by atoms with E-state index in [1.165, 1.54) is 12.8 Å². The molecule has 2 rings (SSSR count). The normalized spacial score (nSPS) is 17.5. The van der Waals surface area contributed by atoms with Gasteiger partial charge in [0.05, 0.1) is 5.92 Å². The Hall–Kier alpha value is -1.31. The zero-order valence-corrected chi connectivity index (χ0v) is 8.27. The molecule has 0 spiro atoms. The molecule has 0 aliphatic heterocycles. The molecular formula is C12H14O2. The van der Waals surface area contributed by atoms with Gasteiger partial charge < -0.3 is 4.74 Å². The quantitative estimate of drug-likeness (QED) is 0.541. The Morgan fingerprint density at radius 3 is 2.57 bits per heavy atom. The van der Waals surface area contributed by atoms with Crippen LogP contribution in [0, 0.1) is 11.8 Å². The molecule has 1 atom stereocenters. The third-order valence-electron chi connectivity index (χ3n) is 2.66. The Labute approximate surface area is 83.9 Å². The number of hydrogen-bond donors (Lipinski definition) is 0. The highest BCUT2D eigenvalue weighted by atomic mass is 16.5. The summed E-state index contributed by atoms with van der Waals surface area (Å²) >= 11 is 0. The van der Waals surface area contributed by atoms with Crippen molar-refractivity contribution in [3.8, 4) is 5.75 Å². The molecule has 1 fully saturated rings. The van der Waals surface area contributed by atoms with Gasteiger partial charge in [0.2, 0.25) is 0 Å². The van der Waals surface area contributed by atoms with Crippen molar-refractivity contribution >= 4 is 5.97 Å². The molecule has 1 saturated carbocycles. The second kappa shape index (κ2) is 3.82. The fraction of sp³-hybridized carbons (Fsp3) is 0.417. The second-order valence-electron chi connectivity index (χ2n) is 3.86. The minimum atomic E-state index is -0.0984. The first-order chi connectivity index (χ1) is 6.77. The molecule has 1 aliphatic rings. The van der Waals surface area contributed by atoms with Gasteiger partial charge in [-0.05, 0) is 30.9 Å². The lowest BCUT2D eigenvalue weighted by atomic mass is 10.1. The van der Waals surface area contributed by atoms with Crippen LogP contribution in [-0.2, 0) is 4.79 Å². The molecule has 1 unspecified atom stereocenters. The van der Waals surface area contributed by atoms with Crippen LogP contribution in [0.5, 0.6) is 5.75 Å². The first-order valence-corrected chi connectivity index (χ1v) is 5.04. The number of carbonyl (C=O) groups is 1. The molecule has 0 radical (unpaired) electrons. The molecule has 1 aromatic carbocycles. The lowest BCUT2D eigenvalue weighted by Crippen LogP contribution is -2.19. The number of hydrogen-bond acceptors (Lipinski definition) is 2. The first kappa shape index (κ1) is 9.25. The third-order valence-corrected chi connectivity index (χ3v) is 2.66. The molecule has 0 bridgehead atoms. The van der Waals surface area contributed by atoms with E-state index in [0.717, 1.165) is 0 Å². The molecule has 0 aromatic heterocycles. The fourth-order valence-corrected chi connectivity index (χ4v) is 1.49. The minimum absolute atomic E-state index is 0.0511. The van der Waals surface area contributed by atoms with Gasteiger partial charge in [-0.2, -0.15) is 0 Å². The monoisotopic (exact) mass is 190 g/mol. The lowest BCUT2D eigenvalue weighted by molar-refractivity contribution is -0.139. The summed E-state index contributed by atoms with van der Waals surface area (Å²) in [5.41, 5.74) is 0. The zero-order valence-electron chi connectivity index (χ0n) is 8.27. The van der Waals surface area contributed by atoms with Crippen molar-refractivity contribution in [3.63, 3.8) is 0 Å². The summed E-state index contributed by atoms with van der Waals surface area (Å²) in [5, 5.41) is 0. The highest BCUT2D eigenvalue weighted by Gasteiger charge is 2.33. The van der Waals surface area contributed by atoms with Crippen LogP contribution in [0.25, 0.3) is 0 Å². The van der Waals surface area contributed by atoms with E-state index in [2.05, 4.69) is 0 Å². The predicted octanol–water partition coefficient (Wildman–Crippen LogP) is 2.64. The van der Waals surface area contributed by atoms with E-state index < -0.39 is 0 Å². The summed E-state index contributed by atoms with van der Waals surface area (Å²) in [6.45, 7) is 1.95. The fourth-order valence-electron chi connectivity index (χ4n) is 1.49. The molecular weight excluding hydrogens is 176 g/mol. The van der Waals surface area contributed by atoms with Crippen LogP contribution in [0.2, 0.25) is 0 Å². The van der Waals surface area contributed by atoms with Crippen molar-refractivity contribution < 1.29 is 9.53 Å². The van der Waals surface area contributed by atoms with Crippen LogP contribution in [0.4, 0.5) is 0 Å². The van der Waals surface area contributed by atoms with E-state index in [4.69, 9.17) is 4.74 Å². The van der Waals surface area contributed by atoms with Gasteiger partial charge in [-0.25, -0.2) is 0 Å². The average Bonchev–Trinajstić information content (AvgIpc) is 3.01. The Morgan fingerprint density at radius 2 is 2.00 bits per heavy atom. The van der Waals surface area contributed by atoms with Crippen molar-refractivity contribution in [3.05, 3.63) is 30.3 Å². The maximum absolute atomic E-state index is 11.6. The molecule has 0 N–H and O–H groups in total. The number of para-hydroxylation sites is 1. The Bertz CT molecular complexity index is 314. The molecule has 14 heavy (non-hydrogen) atoms. The number of ether oxygens (including phenoxy) is 1. The van der Waals surface area contributed by atoms with Crippen molar-refractivity contribution in [2.24, 2.45) is 11.8 Å². The Morgan fingerprint density at radius 1 is 1.36 bits per heavy atom. The summed E-state index contributed by atoms with van der Waals surface area (Å²) in [6, 6.07) is 9.24. The number of rotatable bonds is 3. The topological polar surface area (TPSA) is 26.3 Å². The molecule has 0 heterocycles. The summed E-state index contributed by atoms with van der Waals surface area (Å²) in [6.07, 6.45) is 2.34. The van der Waals surface area contributed by atoms with E-state index in [9.17, 15) is 4.79 Å². The van der Waals surface area contributed by atoms with Crippen molar-refractivity contribution in [1.82, 2.24) is 0 Å². The molecule has 1 aliphatic carbocycles. The van der Waals surface area contributed by atoms with Gasteiger partial charge in [-0.1, -0.05) is 25.1 Å². The number of carbonyl (C=O) groups excluding carboxylic acids is 1. The molecule has 0 saturated heterocycles. The Kier molecular flexibility index (Phi) is 2.53. The highest BCUT2D eigenvalue weighted by molar-refractivity contribution is 5.75. The van der Waals surface area contributed by atoms with Crippen LogP contribution in [0.3, 0.4) is 0 Å². The van der Waals surface area contributed by atoms with Gasteiger partial charge in [0.15, 0.2) is 0 Å². The van der Waals surface area contributed by atoms with Crippen LogP contribution in [0.1, 0.15) is 19.8 Å². The van der Waals surface area contributed by atoms with Gasteiger partial charge in [0.25, 0.3) is 0 Å². The number of benzene rings is 1. The minimum Gasteiger partial charge on any atom is -0.426 e. The van der Waals surface area contributed by atoms with E-state index in [1.807, 2.05) is 25.1 Å². The first-order valence-electron chi connectivity index (χ1n) is 5.04. The number of esters is 1. The summed E-state index contributed by atoms with van der Waals surface area (Å²) in [5.74, 6) is 1.16. The molecule has 2 heteroatoms. The average molecular weight is 190 g/mol. The molecule has 0 amide bonds. The largest absolute Gasteiger partial charge is 0.426 e. The van der Waals surface area contributed by atoms with E-state index in [1.54, 1.807) is 12.1 Å². The highest BCUT2D eigenvalue weighted by Crippen LogP contribution is 2.37. The van der Waals surface area contributed by atoms with E-state index >= 15 is 0 Å². The van der Waals surface area contributed by atoms with Crippen LogP contribution in [-0.4, -0.2) is 5.97 Å². The van der Waals surface area contributed by atoms with Crippen LogP contribution < -0.4 is 4.74 Å². The van der Waals surface area contributed by atoms with Gasteiger partial charge in [0.1, 0.15) is 5.75 Å². The predicted molar refractivity (Wildman–Crippen MR) is 54.0 cm³/mol. The molecule has 74 valence electrons. The summed E-state index contributed by atoms with van der Waals surface area (Å²) in [7, 11) is 0. The van der Waals surface area contributed by atoms with E-state index in [0.29, 0.717) is 11.7 Å². The van der Waals surface area contributed by atoms with Crippen molar-refractivity contribution in [2.75, 3.05) is 0 Å². The van der Waals surface area contributed by atoms with Gasteiger partial charge in [-0.3, -0.25) is 4.79 Å². The molecule has 2 nitrogen and oxygen atoms in total. The smallest absolute Gasteiger partial charge is 0.314 e. The van der Waals surface area contributed by atoms with Crippen molar-refractivity contribution in [2.45, 2.75) is 19.8 Å². The summed E-state index contributed by atoms with van der Waals surface area (Å²) < 4.78 is 5.24. The van der Waals surface area contributed by atoms with Crippen LogP contribution in [0.15, 0.2) is 30.3 Å². The van der Waals surface area contributed by atoms with Crippen molar-refractivity contribution in [1.29, 1.82) is 0 Å². The zero-order chi connectivity index (χ0) is 9.97. The van der Waals surface area contributed by atoms with E-state index in [-0.39, 0.29) is 11.9 Å². The SMILES string of the molecule is CC(C(=O)Oc1ccccc1)C1CC1. The van der Waals surface area contributed by atoms with Gasteiger partial charge in [0, 0.05) is 0 Å². The maximum Gasteiger partial charge on any atom is 0.314 e. The third kappa shape index (κ3) is 2.13. The summed E-state index contributed by atoms with van der Waals surface area (Å²) in [4.78, 5) is 11.6. The second-order valence-corrected chi connectivity index (χ2v) is 3.86. The standard InChI is InChI=1S/C12H14O2/c1-9(10-7-8-10)12(13)14-11-5-3-2-4-6-11/h2-6,9-10H,7-8H2,1H3. The van der Waals surface area contributed by atoms with Gasteiger partial charge >= 0.3 is 5.97 Å². The Balaban J connectivity index is 1.94. The molecule has 1 aromatic rings. The van der Waals surface area contributed by atoms with Gasteiger partial charge in [-0.15, -0.1) is 0 Å². The van der Waals surface area contributed by atoms with Crippen LogP contribution >= 0.6 is 0 Å². The maximum atomic E-state index is 11.6. The lowest BCUT2D eigenvalue weighted by Gasteiger charge is -2.09.